The summed E-state index contributed by atoms with van der Waals surface area (Å²) in [6, 6.07) is 3.91. The third kappa shape index (κ3) is 2.99. The zero-order valence-corrected chi connectivity index (χ0v) is 13.5. The van der Waals surface area contributed by atoms with Gasteiger partial charge in [0.1, 0.15) is 11.3 Å². The summed E-state index contributed by atoms with van der Waals surface area (Å²) in [6.07, 6.45) is 4.29. The van der Waals surface area contributed by atoms with Gasteiger partial charge in [0.05, 0.1) is 18.6 Å². The number of methoxy groups -OCH3 is 1. The Morgan fingerprint density at radius 3 is 3.09 bits per heavy atom. The Kier molecular flexibility index (Phi) is 4.42. The number of hydrogen-bond acceptors (Lipinski definition) is 5. The van der Waals surface area contributed by atoms with Gasteiger partial charge in [-0.3, -0.25) is 9.48 Å². The molecule has 0 N–H and O–H groups in total. The SMILES string of the molecule is COc1nn(C)cc1C(=O)N1CCS[C@H](c2ccco2)CC1. The highest BCUT2D eigenvalue weighted by Crippen LogP contribution is 2.35. The quantitative estimate of drug-likeness (QED) is 0.868. The summed E-state index contributed by atoms with van der Waals surface area (Å²) in [5.74, 6) is 2.23. The molecule has 0 radical (unpaired) electrons. The molecule has 0 bridgehead atoms. The number of furan rings is 1. The third-order valence-corrected chi connectivity index (χ3v) is 5.00. The molecule has 0 aromatic carbocycles. The fraction of sp³-hybridized carbons (Fsp3) is 0.467. The van der Waals surface area contributed by atoms with Gasteiger partial charge in [-0.2, -0.15) is 0 Å². The van der Waals surface area contributed by atoms with Gasteiger partial charge >= 0.3 is 0 Å². The van der Waals surface area contributed by atoms with Crippen molar-refractivity contribution < 1.29 is 13.9 Å². The van der Waals surface area contributed by atoms with Crippen LogP contribution in [0.2, 0.25) is 0 Å². The maximum Gasteiger partial charge on any atom is 0.261 e. The summed E-state index contributed by atoms with van der Waals surface area (Å²) in [5, 5.41) is 4.46. The van der Waals surface area contributed by atoms with Crippen LogP contribution in [0.4, 0.5) is 0 Å². The number of rotatable bonds is 3. The van der Waals surface area contributed by atoms with Gasteiger partial charge in [0.2, 0.25) is 5.88 Å². The van der Waals surface area contributed by atoms with E-state index < -0.39 is 0 Å². The maximum atomic E-state index is 12.7. The molecule has 7 heteroatoms. The van der Waals surface area contributed by atoms with Crippen molar-refractivity contribution in [2.45, 2.75) is 11.7 Å². The van der Waals surface area contributed by atoms with Crippen LogP contribution in [0, 0.1) is 0 Å². The molecule has 1 aliphatic heterocycles. The van der Waals surface area contributed by atoms with E-state index in [1.807, 2.05) is 28.8 Å². The zero-order valence-electron chi connectivity index (χ0n) is 12.7. The number of nitrogens with zero attached hydrogens (tertiary/aromatic N) is 3. The van der Waals surface area contributed by atoms with Crippen molar-refractivity contribution in [1.29, 1.82) is 0 Å². The fourth-order valence-electron chi connectivity index (χ4n) is 2.61. The Morgan fingerprint density at radius 1 is 1.50 bits per heavy atom. The van der Waals surface area contributed by atoms with Crippen molar-refractivity contribution >= 4 is 17.7 Å². The number of aromatic nitrogens is 2. The normalized spacial score (nSPS) is 19.0. The lowest BCUT2D eigenvalue weighted by Gasteiger charge is -2.19. The molecule has 3 rings (SSSR count). The molecule has 2 aromatic rings. The summed E-state index contributed by atoms with van der Waals surface area (Å²) in [5.41, 5.74) is 0.520. The summed E-state index contributed by atoms with van der Waals surface area (Å²) in [4.78, 5) is 14.6. The molecule has 2 aromatic heterocycles. The van der Waals surface area contributed by atoms with Crippen LogP contribution in [-0.4, -0.2) is 46.5 Å². The molecule has 1 amide bonds. The van der Waals surface area contributed by atoms with E-state index in [0.29, 0.717) is 23.2 Å². The van der Waals surface area contributed by atoms with Crippen LogP contribution < -0.4 is 4.74 Å². The lowest BCUT2D eigenvalue weighted by molar-refractivity contribution is 0.0762. The number of thioether (sulfide) groups is 1. The van der Waals surface area contributed by atoms with Crippen molar-refractivity contribution in [3.8, 4) is 5.88 Å². The van der Waals surface area contributed by atoms with E-state index in [0.717, 1.165) is 24.5 Å². The zero-order chi connectivity index (χ0) is 15.5. The largest absolute Gasteiger partial charge is 0.479 e. The van der Waals surface area contributed by atoms with E-state index in [9.17, 15) is 4.79 Å². The van der Waals surface area contributed by atoms with E-state index >= 15 is 0 Å². The molecular formula is C15H19N3O3S. The van der Waals surface area contributed by atoms with Crippen LogP contribution in [0.1, 0.15) is 27.8 Å². The van der Waals surface area contributed by atoms with Crippen molar-refractivity contribution in [2.75, 3.05) is 26.0 Å². The number of ether oxygens (including phenoxy) is 1. The maximum absolute atomic E-state index is 12.7. The van der Waals surface area contributed by atoms with Crippen molar-refractivity contribution in [3.05, 3.63) is 35.9 Å². The summed E-state index contributed by atoms with van der Waals surface area (Å²) in [6.45, 7) is 1.42. The molecular weight excluding hydrogens is 302 g/mol. The first-order valence-electron chi connectivity index (χ1n) is 7.21. The van der Waals surface area contributed by atoms with E-state index in [2.05, 4.69) is 5.10 Å². The second-order valence-electron chi connectivity index (χ2n) is 5.18. The van der Waals surface area contributed by atoms with Gasteiger partial charge in [0.25, 0.3) is 5.91 Å². The van der Waals surface area contributed by atoms with Crippen LogP contribution in [0.25, 0.3) is 0 Å². The third-order valence-electron chi connectivity index (χ3n) is 3.71. The second-order valence-corrected chi connectivity index (χ2v) is 6.49. The Morgan fingerprint density at radius 2 is 2.36 bits per heavy atom. The number of carbonyl (C=O) groups is 1. The van der Waals surface area contributed by atoms with E-state index in [1.54, 1.807) is 24.2 Å². The van der Waals surface area contributed by atoms with E-state index in [4.69, 9.17) is 9.15 Å². The Bertz CT molecular complexity index is 639. The predicted octanol–water partition coefficient (Wildman–Crippen LogP) is 2.34. The Hall–Kier alpha value is -1.89. The lowest BCUT2D eigenvalue weighted by Crippen LogP contribution is -2.33. The molecule has 0 saturated carbocycles. The van der Waals surface area contributed by atoms with Gasteiger partial charge in [-0.1, -0.05) is 0 Å². The second kappa shape index (κ2) is 6.48. The van der Waals surface area contributed by atoms with Gasteiger partial charge in [-0.25, -0.2) is 0 Å². The number of hydrogen-bond donors (Lipinski definition) is 0. The van der Waals surface area contributed by atoms with Crippen LogP contribution in [0.15, 0.2) is 29.0 Å². The molecule has 1 saturated heterocycles. The first-order chi connectivity index (χ1) is 10.7. The summed E-state index contributed by atoms with van der Waals surface area (Å²) >= 11 is 1.83. The minimum atomic E-state index is -0.0226. The van der Waals surface area contributed by atoms with E-state index in [-0.39, 0.29) is 5.91 Å². The van der Waals surface area contributed by atoms with Crippen molar-refractivity contribution in [1.82, 2.24) is 14.7 Å². The fourth-order valence-corrected chi connectivity index (χ4v) is 3.79. The van der Waals surface area contributed by atoms with Crippen molar-refractivity contribution in [3.63, 3.8) is 0 Å². The van der Waals surface area contributed by atoms with E-state index in [1.165, 1.54) is 7.11 Å². The summed E-state index contributed by atoms with van der Waals surface area (Å²) < 4.78 is 12.3. The average Bonchev–Trinajstić information content (AvgIpc) is 3.11. The standard InChI is InChI=1S/C15H19N3O3S/c1-17-10-11(14(16-17)20-2)15(19)18-6-5-13(22-9-7-18)12-4-3-8-21-12/h3-4,8,10,13H,5-7,9H2,1-2H3/t13-/m0/s1. The molecule has 0 unspecified atom stereocenters. The highest BCUT2D eigenvalue weighted by molar-refractivity contribution is 7.99. The Labute approximate surface area is 133 Å². The predicted molar refractivity (Wildman–Crippen MR) is 84.2 cm³/mol. The number of aryl methyl sites for hydroxylation is 1. The first kappa shape index (κ1) is 15.0. The minimum absolute atomic E-state index is 0.0226. The van der Waals surface area contributed by atoms with Crippen LogP contribution in [0.3, 0.4) is 0 Å². The van der Waals surface area contributed by atoms with Gasteiger partial charge in [-0.15, -0.1) is 16.9 Å². The monoisotopic (exact) mass is 321 g/mol. The molecule has 0 aliphatic carbocycles. The molecule has 118 valence electrons. The highest BCUT2D eigenvalue weighted by Gasteiger charge is 2.27. The number of carbonyl (C=O) groups excluding carboxylic acids is 1. The van der Waals surface area contributed by atoms with Crippen molar-refractivity contribution in [2.24, 2.45) is 7.05 Å². The number of amides is 1. The molecule has 1 atom stereocenters. The molecule has 1 aliphatic rings. The summed E-state index contributed by atoms with van der Waals surface area (Å²) in [7, 11) is 3.31. The van der Waals surface area contributed by atoms with Crippen LogP contribution >= 0.6 is 11.8 Å². The van der Waals surface area contributed by atoms with Crippen LogP contribution in [0.5, 0.6) is 5.88 Å². The van der Waals surface area contributed by atoms with Gasteiger partial charge in [0.15, 0.2) is 0 Å². The molecule has 22 heavy (non-hydrogen) atoms. The molecule has 3 heterocycles. The van der Waals surface area contributed by atoms with Crippen LogP contribution in [-0.2, 0) is 7.05 Å². The minimum Gasteiger partial charge on any atom is -0.479 e. The lowest BCUT2D eigenvalue weighted by atomic mass is 10.2. The molecule has 0 spiro atoms. The Balaban J connectivity index is 1.71. The molecule has 6 nitrogen and oxygen atoms in total. The van der Waals surface area contributed by atoms with Gasteiger partial charge in [-0.05, 0) is 18.6 Å². The molecule has 1 fully saturated rings. The van der Waals surface area contributed by atoms with Gasteiger partial charge < -0.3 is 14.1 Å². The average molecular weight is 321 g/mol. The topological polar surface area (TPSA) is 60.5 Å². The highest BCUT2D eigenvalue weighted by atomic mass is 32.2. The smallest absolute Gasteiger partial charge is 0.261 e. The van der Waals surface area contributed by atoms with Gasteiger partial charge in [0, 0.05) is 32.1 Å². The first-order valence-corrected chi connectivity index (χ1v) is 8.26.